The second kappa shape index (κ2) is 16.1. The number of carbonyl (C=O) groups is 1. The van der Waals surface area contributed by atoms with Crippen molar-refractivity contribution < 1.29 is 104 Å². The highest BCUT2D eigenvalue weighted by Gasteiger charge is 2.50. The predicted octanol–water partition coefficient (Wildman–Crippen LogP) is -4.85. The molecule has 0 unspecified atom stereocenters. The lowest BCUT2D eigenvalue weighted by Crippen LogP contribution is -2.62. The quantitative estimate of drug-likeness (QED) is 0.0916. The molecule has 0 spiro atoms. The number of fused-ring (bicyclic) bond motifs is 1. The van der Waals surface area contributed by atoms with Gasteiger partial charge in [-0.15, -0.1) is 0 Å². The maximum Gasteiger partial charge on any atom is 0.335 e. The summed E-state index contributed by atoms with van der Waals surface area (Å²) < 4.78 is 38.6. The second-order valence-corrected chi connectivity index (χ2v) is 13.0. The summed E-state index contributed by atoms with van der Waals surface area (Å²) in [5.74, 6) is -4.27. The Morgan fingerprint density at radius 1 is 0.673 bits per heavy atom. The first-order valence-electron chi connectivity index (χ1n) is 16.5. The fraction of sp³-hybridized carbons (Fsp3) is 0.515. The van der Waals surface area contributed by atoms with E-state index in [0.29, 0.717) is 0 Å². The van der Waals surface area contributed by atoms with Crippen LogP contribution in [0.25, 0.3) is 22.3 Å². The summed E-state index contributed by atoms with van der Waals surface area (Å²) >= 11 is 0. The van der Waals surface area contributed by atoms with Gasteiger partial charge in [-0.05, 0) is 24.3 Å². The normalized spacial score (nSPS) is 36.7. The van der Waals surface area contributed by atoms with Crippen LogP contribution >= 0.6 is 0 Å². The molecule has 0 radical (unpaired) electrons. The Hall–Kier alpha value is -4.24. The lowest BCUT2D eigenvalue weighted by Gasteiger charge is -2.42. The molecule has 0 aliphatic carbocycles. The van der Waals surface area contributed by atoms with Crippen LogP contribution in [0.5, 0.6) is 23.0 Å². The average Bonchev–Trinajstić information content (AvgIpc) is 3.15. The molecular formula is C33H38O22. The van der Waals surface area contributed by atoms with Gasteiger partial charge in [0.1, 0.15) is 95.4 Å². The third kappa shape index (κ3) is 7.78. The highest BCUT2D eigenvalue weighted by molar-refractivity contribution is 5.88. The summed E-state index contributed by atoms with van der Waals surface area (Å²) in [5.41, 5.74) is -1.47. The number of aromatic hydroxyl groups is 2. The largest absolute Gasteiger partial charge is 0.508 e. The van der Waals surface area contributed by atoms with E-state index in [2.05, 4.69) is 0 Å². The minimum atomic E-state index is -2.06. The molecule has 3 aliphatic rings. The fourth-order valence-electron chi connectivity index (χ4n) is 6.18. The van der Waals surface area contributed by atoms with Gasteiger partial charge in [-0.2, -0.15) is 0 Å². The Labute approximate surface area is 307 Å². The Balaban J connectivity index is 1.31. The van der Waals surface area contributed by atoms with E-state index in [-0.39, 0.29) is 17.1 Å². The lowest BCUT2D eigenvalue weighted by molar-refractivity contribution is -0.323. The number of hydrogen-bond donors (Lipinski definition) is 13. The topological polar surface area (TPSA) is 366 Å². The molecule has 6 rings (SSSR count). The number of ether oxygens (including phenoxy) is 6. The van der Waals surface area contributed by atoms with Crippen LogP contribution in [0.4, 0.5) is 0 Å². The number of benzene rings is 2. The van der Waals surface area contributed by atoms with Gasteiger partial charge in [-0.25, -0.2) is 4.79 Å². The zero-order valence-corrected chi connectivity index (χ0v) is 28.0. The van der Waals surface area contributed by atoms with E-state index in [4.69, 9.17) is 32.8 Å². The number of carboxylic acids is 1. The monoisotopic (exact) mass is 786 g/mol. The maximum atomic E-state index is 14.0. The molecule has 13 N–H and O–H groups in total. The molecule has 0 saturated carbocycles. The van der Waals surface area contributed by atoms with Crippen LogP contribution < -0.4 is 14.9 Å². The number of aliphatic carboxylic acids is 1. The molecule has 22 heteroatoms. The fourth-order valence-corrected chi connectivity index (χ4v) is 6.18. The number of hydrogen-bond acceptors (Lipinski definition) is 21. The van der Waals surface area contributed by atoms with Crippen molar-refractivity contribution in [1.29, 1.82) is 0 Å². The molecule has 0 bridgehead atoms. The Kier molecular flexibility index (Phi) is 11.8. The van der Waals surface area contributed by atoms with Gasteiger partial charge < -0.3 is 99.2 Å². The highest BCUT2D eigenvalue weighted by atomic mass is 16.7. The molecule has 3 aromatic rings. The number of phenolic OH excluding ortho intramolecular Hbond substituents is 2. The predicted molar refractivity (Wildman–Crippen MR) is 173 cm³/mol. The van der Waals surface area contributed by atoms with Crippen LogP contribution in [0.15, 0.2) is 45.6 Å². The second-order valence-electron chi connectivity index (χ2n) is 13.0. The van der Waals surface area contributed by atoms with E-state index in [9.17, 15) is 76.0 Å². The minimum Gasteiger partial charge on any atom is -0.508 e. The van der Waals surface area contributed by atoms with Gasteiger partial charge in [0.05, 0.1) is 13.2 Å². The number of aliphatic hydroxyl groups excluding tert-OH is 10. The molecule has 0 amide bonds. The number of phenols is 2. The molecule has 15 atom stereocenters. The number of aliphatic hydroxyl groups is 10. The van der Waals surface area contributed by atoms with Gasteiger partial charge in [-0.3, -0.25) is 4.79 Å². The Morgan fingerprint density at radius 2 is 1.24 bits per heavy atom. The van der Waals surface area contributed by atoms with E-state index >= 15 is 0 Å². The first-order chi connectivity index (χ1) is 26.0. The third-order valence-electron chi connectivity index (χ3n) is 9.28. The molecule has 55 heavy (non-hydrogen) atoms. The number of carboxylic acid groups (broad SMARTS) is 1. The zero-order chi connectivity index (χ0) is 40.0. The van der Waals surface area contributed by atoms with Crippen LogP contribution in [0.3, 0.4) is 0 Å². The molecule has 3 aliphatic heterocycles. The smallest absolute Gasteiger partial charge is 0.335 e. The van der Waals surface area contributed by atoms with Crippen LogP contribution in [0.2, 0.25) is 0 Å². The Morgan fingerprint density at radius 3 is 1.85 bits per heavy atom. The van der Waals surface area contributed by atoms with Crippen molar-refractivity contribution in [3.63, 3.8) is 0 Å². The first-order valence-corrected chi connectivity index (χ1v) is 16.5. The van der Waals surface area contributed by atoms with Crippen molar-refractivity contribution >= 4 is 16.9 Å². The molecule has 302 valence electrons. The average molecular weight is 787 g/mol. The van der Waals surface area contributed by atoms with Crippen molar-refractivity contribution in [2.45, 2.75) is 92.1 Å². The SMILES string of the molecule is O=C(O)[C@H]1O[C@@H](Oc2cc(O)c3c(=O)c(O[C@H]4O[C@@H](CO[C@H]5O[C@@H](CO)[C@H](O)[C@@H](O)[C@@H]5O)[C@H](O)[C@@H](O)[C@@H]4O)c(-c4ccc(O)cc4)oc3c2)[C@H](O)[C@@H](O)[C@@H]1O. The van der Waals surface area contributed by atoms with Crippen LogP contribution in [-0.4, -0.2) is 178 Å². The standard InChI is InChI=1S/C33H38O22/c34-7-14-17(37)20(40)24(44)31(52-14)49-8-15-18(38)21(41)25(45)33(53-15)54-28-19(39)16-12(36)5-11(6-13(16)51-27(28)9-1-3-10(35)4-2-9)50-32-26(46)22(42)23(43)29(55-32)30(47)48/h1-6,14-15,17-18,20-26,29,31-38,40-46H,7-8H2,(H,47,48)/t14-,15-,17-,18-,20+,21+,22-,23-,24-,25-,26+,29-,31-,32+,33+/m0/s1. The van der Waals surface area contributed by atoms with Crippen molar-refractivity contribution in [1.82, 2.24) is 0 Å². The third-order valence-corrected chi connectivity index (χ3v) is 9.28. The molecule has 3 fully saturated rings. The molecule has 2 aromatic carbocycles. The molecular weight excluding hydrogens is 748 g/mol. The summed E-state index contributed by atoms with van der Waals surface area (Å²) in [5, 5.41) is 132. The van der Waals surface area contributed by atoms with E-state index < -0.39 is 145 Å². The molecule has 3 saturated heterocycles. The first kappa shape index (κ1) is 40.4. The highest BCUT2D eigenvalue weighted by Crippen LogP contribution is 2.39. The van der Waals surface area contributed by atoms with Gasteiger partial charge >= 0.3 is 5.97 Å². The molecule has 22 nitrogen and oxygen atoms in total. The van der Waals surface area contributed by atoms with Crippen LogP contribution in [0, 0.1) is 0 Å². The zero-order valence-electron chi connectivity index (χ0n) is 28.0. The van der Waals surface area contributed by atoms with Crippen LogP contribution in [-0.2, 0) is 23.7 Å². The van der Waals surface area contributed by atoms with E-state index in [1.165, 1.54) is 24.3 Å². The molecule has 4 heterocycles. The summed E-state index contributed by atoms with van der Waals surface area (Å²) in [4.78, 5) is 25.6. The summed E-state index contributed by atoms with van der Waals surface area (Å²) in [6.45, 7) is -1.49. The van der Waals surface area contributed by atoms with Crippen molar-refractivity contribution in [3.8, 4) is 34.3 Å². The van der Waals surface area contributed by atoms with Gasteiger partial charge in [0.2, 0.25) is 23.8 Å². The van der Waals surface area contributed by atoms with E-state index in [1.807, 2.05) is 0 Å². The number of rotatable bonds is 10. The van der Waals surface area contributed by atoms with Crippen molar-refractivity contribution in [2.75, 3.05) is 13.2 Å². The van der Waals surface area contributed by atoms with Gasteiger partial charge in [-0.1, -0.05) is 0 Å². The minimum absolute atomic E-state index is 0.0541. The van der Waals surface area contributed by atoms with E-state index in [1.54, 1.807) is 0 Å². The van der Waals surface area contributed by atoms with Crippen molar-refractivity contribution in [2.24, 2.45) is 0 Å². The maximum absolute atomic E-state index is 14.0. The summed E-state index contributed by atoms with van der Waals surface area (Å²) in [6, 6.07) is 6.84. The van der Waals surface area contributed by atoms with Gasteiger partial charge in [0.15, 0.2) is 18.2 Å². The van der Waals surface area contributed by atoms with Crippen molar-refractivity contribution in [3.05, 3.63) is 46.6 Å². The van der Waals surface area contributed by atoms with Gasteiger partial charge in [0.25, 0.3) is 0 Å². The van der Waals surface area contributed by atoms with E-state index in [0.717, 1.165) is 12.1 Å². The summed E-state index contributed by atoms with van der Waals surface area (Å²) in [6.07, 6.45) is -27.9. The lowest BCUT2D eigenvalue weighted by atomic mass is 9.98. The Bertz CT molecular complexity index is 1880. The van der Waals surface area contributed by atoms with Crippen LogP contribution in [0.1, 0.15) is 0 Å². The summed E-state index contributed by atoms with van der Waals surface area (Å²) in [7, 11) is 0. The molecule has 1 aromatic heterocycles. The van der Waals surface area contributed by atoms with Gasteiger partial charge in [0, 0.05) is 17.7 Å².